The first-order valence-corrected chi connectivity index (χ1v) is 6.01. The Morgan fingerprint density at radius 1 is 1.37 bits per heavy atom. The lowest BCUT2D eigenvalue weighted by molar-refractivity contribution is -0.142. The average Bonchev–Trinajstić information content (AvgIpc) is 2.33. The van der Waals surface area contributed by atoms with Crippen molar-refractivity contribution in [2.45, 2.75) is 26.3 Å². The van der Waals surface area contributed by atoms with E-state index in [0.717, 1.165) is 0 Å². The first-order valence-electron chi connectivity index (χ1n) is 6.01. The Balaban J connectivity index is 4.10. The minimum absolute atomic E-state index is 0.0626. The second-order valence-corrected chi connectivity index (χ2v) is 4.11. The van der Waals surface area contributed by atoms with Crippen molar-refractivity contribution in [3.05, 3.63) is 0 Å². The van der Waals surface area contributed by atoms with E-state index in [-0.39, 0.29) is 25.0 Å². The third-order valence-corrected chi connectivity index (χ3v) is 2.56. The minimum Gasteiger partial charge on any atom is -0.480 e. The fourth-order valence-corrected chi connectivity index (χ4v) is 1.37. The number of nitrogens with one attached hydrogen (secondary N) is 2. The number of amides is 3. The van der Waals surface area contributed by atoms with Crippen LogP contribution in [0.25, 0.3) is 0 Å². The van der Waals surface area contributed by atoms with Crippen LogP contribution in [0.4, 0.5) is 4.79 Å². The van der Waals surface area contributed by atoms with Gasteiger partial charge in [-0.3, -0.25) is 4.79 Å². The molecule has 0 rings (SSSR count). The van der Waals surface area contributed by atoms with Crippen LogP contribution in [0.15, 0.2) is 0 Å². The quantitative estimate of drug-likeness (QED) is 0.413. The van der Waals surface area contributed by atoms with E-state index in [2.05, 4.69) is 10.6 Å². The Morgan fingerprint density at radius 3 is 2.47 bits per heavy atom. The summed E-state index contributed by atoms with van der Waals surface area (Å²) < 4.78 is 4.77. The van der Waals surface area contributed by atoms with Crippen LogP contribution in [0.1, 0.15) is 20.3 Å². The van der Waals surface area contributed by atoms with Crippen LogP contribution >= 0.6 is 0 Å². The standard InChI is InChI=1S/C11H21N3O5/c1-3-7(2)9(14-11(12)18)10(17)13-4-5-19-6-8(15)16/h7,9H,3-6H2,1-2H3,(H,13,17)(H,15,16)(H3,12,14,18). The molecule has 0 aliphatic rings. The fraction of sp³-hybridized carbons (Fsp3) is 0.727. The summed E-state index contributed by atoms with van der Waals surface area (Å²) in [6.45, 7) is 3.55. The summed E-state index contributed by atoms with van der Waals surface area (Å²) >= 11 is 0. The lowest BCUT2D eigenvalue weighted by Gasteiger charge is -2.22. The molecule has 0 fully saturated rings. The number of hydrogen-bond acceptors (Lipinski definition) is 4. The molecule has 0 heterocycles. The molecule has 0 aromatic carbocycles. The van der Waals surface area contributed by atoms with Gasteiger partial charge in [0, 0.05) is 6.54 Å². The van der Waals surface area contributed by atoms with E-state index in [1.807, 2.05) is 13.8 Å². The average molecular weight is 275 g/mol. The van der Waals surface area contributed by atoms with E-state index in [4.69, 9.17) is 15.6 Å². The van der Waals surface area contributed by atoms with Gasteiger partial charge in [-0.1, -0.05) is 20.3 Å². The number of carboxylic acid groups (broad SMARTS) is 1. The minimum atomic E-state index is -1.07. The number of aliphatic carboxylic acids is 1. The molecule has 0 aliphatic carbocycles. The topological polar surface area (TPSA) is 131 Å². The third kappa shape index (κ3) is 7.98. The number of ether oxygens (including phenoxy) is 1. The predicted octanol–water partition coefficient (Wildman–Crippen LogP) is -0.713. The molecular formula is C11H21N3O5. The van der Waals surface area contributed by atoms with Gasteiger partial charge in [0.15, 0.2) is 0 Å². The summed E-state index contributed by atoms with van der Waals surface area (Å²) in [7, 11) is 0. The van der Waals surface area contributed by atoms with Crippen LogP contribution in [0.5, 0.6) is 0 Å². The summed E-state index contributed by atoms with van der Waals surface area (Å²) in [5.74, 6) is -1.50. The van der Waals surface area contributed by atoms with Gasteiger partial charge in [-0.05, 0) is 5.92 Å². The number of carbonyl (C=O) groups is 3. The van der Waals surface area contributed by atoms with Gasteiger partial charge >= 0.3 is 12.0 Å². The molecule has 0 aliphatic heterocycles. The van der Waals surface area contributed by atoms with Crippen LogP contribution in [0, 0.1) is 5.92 Å². The Kier molecular flexibility index (Phi) is 8.27. The van der Waals surface area contributed by atoms with Gasteiger partial charge in [0.25, 0.3) is 0 Å². The van der Waals surface area contributed by atoms with E-state index in [1.165, 1.54) is 0 Å². The third-order valence-electron chi connectivity index (χ3n) is 2.56. The first-order chi connectivity index (χ1) is 8.88. The smallest absolute Gasteiger partial charge is 0.329 e. The first kappa shape index (κ1) is 17.2. The number of primary amides is 1. The van der Waals surface area contributed by atoms with Crippen molar-refractivity contribution in [3.8, 4) is 0 Å². The highest BCUT2D eigenvalue weighted by Gasteiger charge is 2.24. The van der Waals surface area contributed by atoms with Gasteiger partial charge in [-0.25, -0.2) is 9.59 Å². The highest BCUT2D eigenvalue weighted by atomic mass is 16.5. The molecule has 0 bridgehead atoms. The molecule has 5 N–H and O–H groups in total. The van der Waals surface area contributed by atoms with Crippen molar-refractivity contribution in [1.82, 2.24) is 10.6 Å². The van der Waals surface area contributed by atoms with E-state index >= 15 is 0 Å². The largest absolute Gasteiger partial charge is 0.480 e. The fourth-order valence-electron chi connectivity index (χ4n) is 1.37. The van der Waals surface area contributed by atoms with Crippen LogP contribution in [0.3, 0.4) is 0 Å². The van der Waals surface area contributed by atoms with E-state index in [1.54, 1.807) is 0 Å². The van der Waals surface area contributed by atoms with Crippen molar-refractivity contribution in [2.24, 2.45) is 11.7 Å². The normalized spacial score (nSPS) is 13.4. The number of carboxylic acids is 1. The second-order valence-electron chi connectivity index (χ2n) is 4.11. The lowest BCUT2D eigenvalue weighted by atomic mass is 9.98. The molecule has 110 valence electrons. The van der Waals surface area contributed by atoms with Crippen LogP contribution in [-0.4, -0.2) is 48.8 Å². The van der Waals surface area contributed by atoms with E-state index in [9.17, 15) is 14.4 Å². The van der Waals surface area contributed by atoms with Crippen molar-refractivity contribution in [1.29, 1.82) is 0 Å². The zero-order chi connectivity index (χ0) is 14.8. The van der Waals surface area contributed by atoms with Crippen molar-refractivity contribution < 1.29 is 24.2 Å². The van der Waals surface area contributed by atoms with E-state index in [0.29, 0.717) is 6.42 Å². The molecule has 8 nitrogen and oxygen atoms in total. The van der Waals surface area contributed by atoms with Crippen LogP contribution in [-0.2, 0) is 14.3 Å². The maximum absolute atomic E-state index is 11.8. The van der Waals surface area contributed by atoms with Gasteiger partial charge < -0.3 is 26.2 Å². The number of nitrogens with two attached hydrogens (primary N) is 1. The molecule has 0 aromatic heterocycles. The molecule has 0 aromatic rings. The Bertz CT molecular complexity index is 321. The monoisotopic (exact) mass is 275 g/mol. The zero-order valence-corrected chi connectivity index (χ0v) is 11.1. The van der Waals surface area contributed by atoms with Gasteiger partial charge in [0.1, 0.15) is 12.6 Å². The van der Waals surface area contributed by atoms with E-state index < -0.39 is 24.6 Å². The summed E-state index contributed by atoms with van der Waals surface area (Å²) in [6, 6.07) is -1.47. The number of hydrogen-bond donors (Lipinski definition) is 4. The number of urea groups is 1. The number of carbonyl (C=O) groups excluding carboxylic acids is 2. The van der Waals surface area contributed by atoms with Gasteiger partial charge in [-0.2, -0.15) is 0 Å². The molecule has 0 saturated carbocycles. The van der Waals surface area contributed by atoms with Gasteiger partial charge in [0.05, 0.1) is 6.61 Å². The maximum Gasteiger partial charge on any atom is 0.329 e. The molecule has 2 unspecified atom stereocenters. The Hall–Kier alpha value is -1.83. The van der Waals surface area contributed by atoms with Crippen molar-refractivity contribution in [3.63, 3.8) is 0 Å². The van der Waals surface area contributed by atoms with Crippen molar-refractivity contribution in [2.75, 3.05) is 19.8 Å². The molecule has 3 amide bonds. The Labute approximate surface area is 111 Å². The van der Waals surface area contributed by atoms with Crippen LogP contribution < -0.4 is 16.4 Å². The highest BCUT2D eigenvalue weighted by Crippen LogP contribution is 2.07. The summed E-state index contributed by atoms with van der Waals surface area (Å²) in [5.41, 5.74) is 5.01. The molecule has 0 spiro atoms. The SMILES string of the molecule is CCC(C)C(NC(N)=O)C(=O)NCCOCC(=O)O. The Morgan fingerprint density at radius 2 is 2.00 bits per heavy atom. The molecular weight excluding hydrogens is 254 g/mol. The maximum atomic E-state index is 11.8. The zero-order valence-electron chi connectivity index (χ0n) is 11.1. The molecule has 0 radical (unpaired) electrons. The number of rotatable bonds is 9. The molecule has 19 heavy (non-hydrogen) atoms. The summed E-state index contributed by atoms with van der Waals surface area (Å²) in [5, 5.41) is 13.3. The summed E-state index contributed by atoms with van der Waals surface area (Å²) in [6.07, 6.45) is 0.702. The van der Waals surface area contributed by atoms with Gasteiger partial charge in [0.2, 0.25) is 5.91 Å². The van der Waals surface area contributed by atoms with Crippen LogP contribution in [0.2, 0.25) is 0 Å². The molecule has 8 heteroatoms. The lowest BCUT2D eigenvalue weighted by Crippen LogP contribution is -2.52. The van der Waals surface area contributed by atoms with Crippen molar-refractivity contribution >= 4 is 17.9 Å². The highest BCUT2D eigenvalue weighted by molar-refractivity contribution is 5.86. The predicted molar refractivity (Wildman–Crippen MR) is 67.4 cm³/mol. The van der Waals surface area contributed by atoms with Gasteiger partial charge in [-0.15, -0.1) is 0 Å². The molecule has 2 atom stereocenters. The second kappa shape index (κ2) is 9.15. The molecule has 0 saturated heterocycles. The summed E-state index contributed by atoms with van der Waals surface area (Å²) in [4.78, 5) is 32.8.